The maximum Gasteiger partial charge on any atom is 0.0338 e. The van der Waals surface area contributed by atoms with Crippen LogP contribution >= 0.6 is 0 Å². The fraction of sp³-hybridized carbons (Fsp3) is 0.545. The van der Waals surface area contributed by atoms with Crippen molar-refractivity contribution >= 4 is 0 Å². The molecule has 1 heterocycles. The molecular weight excluding hydrogens is 160 g/mol. The predicted octanol–water partition coefficient (Wildman–Crippen LogP) is 2.44. The Labute approximate surface area is 80.2 Å². The third-order valence-electron chi connectivity index (χ3n) is 2.70. The van der Waals surface area contributed by atoms with Crippen molar-refractivity contribution in [3.8, 4) is 0 Å². The van der Waals surface area contributed by atoms with Crippen LogP contribution in [0.5, 0.6) is 0 Å². The molecule has 0 bridgehead atoms. The first-order chi connectivity index (χ1) is 6.16. The predicted molar refractivity (Wildman–Crippen MR) is 55.4 cm³/mol. The van der Waals surface area contributed by atoms with Gasteiger partial charge in [0.2, 0.25) is 0 Å². The fourth-order valence-corrected chi connectivity index (χ4v) is 1.39. The van der Waals surface area contributed by atoms with Crippen LogP contribution in [-0.2, 0) is 0 Å². The van der Waals surface area contributed by atoms with Crippen LogP contribution < -0.4 is 5.73 Å². The third kappa shape index (κ3) is 2.28. The van der Waals surface area contributed by atoms with Crippen LogP contribution in [0.4, 0.5) is 0 Å². The topological polar surface area (TPSA) is 38.9 Å². The third-order valence-corrected chi connectivity index (χ3v) is 2.70. The van der Waals surface area contributed by atoms with E-state index in [0.717, 1.165) is 6.42 Å². The van der Waals surface area contributed by atoms with Crippen molar-refractivity contribution in [1.29, 1.82) is 0 Å². The summed E-state index contributed by atoms with van der Waals surface area (Å²) in [7, 11) is 0. The normalized spacial score (nSPS) is 15.4. The molecule has 13 heavy (non-hydrogen) atoms. The minimum Gasteiger partial charge on any atom is -0.324 e. The van der Waals surface area contributed by atoms with Crippen LogP contribution in [0.1, 0.15) is 37.4 Å². The van der Waals surface area contributed by atoms with Crippen molar-refractivity contribution < 1.29 is 0 Å². The van der Waals surface area contributed by atoms with Crippen molar-refractivity contribution in [3.05, 3.63) is 29.6 Å². The smallest absolute Gasteiger partial charge is 0.0338 e. The molecule has 0 spiro atoms. The van der Waals surface area contributed by atoms with Gasteiger partial charge >= 0.3 is 0 Å². The lowest BCUT2D eigenvalue weighted by atomic mass is 9.92. The molecule has 0 aliphatic rings. The van der Waals surface area contributed by atoms with Gasteiger partial charge in [-0.15, -0.1) is 0 Å². The van der Waals surface area contributed by atoms with Gasteiger partial charge in [0.25, 0.3) is 0 Å². The molecule has 1 aromatic heterocycles. The average Bonchev–Trinajstić information content (AvgIpc) is 2.16. The summed E-state index contributed by atoms with van der Waals surface area (Å²) in [5.41, 5.74) is 8.53. The molecule has 2 nitrogen and oxygen atoms in total. The molecular formula is C11H18N2. The zero-order chi connectivity index (χ0) is 9.84. The van der Waals surface area contributed by atoms with Crippen molar-refractivity contribution in [2.45, 2.75) is 33.2 Å². The molecule has 2 atom stereocenters. The van der Waals surface area contributed by atoms with Crippen LogP contribution in [0, 0.1) is 12.8 Å². The monoisotopic (exact) mass is 178 g/mol. The van der Waals surface area contributed by atoms with Gasteiger partial charge in [-0.2, -0.15) is 0 Å². The molecule has 1 aromatic rings. The summed E-state index contributed by atoms with van der Waals surface area (Å²) in [5, 5.41) is 0. The van der Waals surface area contributed by atoms with Gasteiger partial charge in [-0.05, 0) is 30.0 Å². The van der Waals surface area contributed by atoms with Crippen molar-refractivity contribution in [2.75, 3.05) is 0 Å². The van der Waals surface area contributed by atoms with Crippen molar-refractivity contribution in [2.24, 2.45) is 11.7 Å². The first kappa shape index (κ1) is 10.2. The molecule has 0 saturated heterocycles. The Bertz CT molecular complexity index is 271. The standard InChI is InChI=1S/C11H18N2/c1-4-8(2)11(12)10-7-13-6-5-9(10)3/h5-8,11H,4,12H2,1-3H3. The average molecular weight is 178 g/mol. The van der Waals surface area contributed by atoms with E-state index in [4.69, 9.17) is 5.73 Å². The van der Waals surface area contributed by atoms with Crippen LogP contribution in [0.3, 0.4) is 0 Å². The van der Waals surface area contributed by atoms with E-state index in [1.165, 1.54) is 11.1 Å². The SMILES string of the molecule is CCC(C)C(N)c1cnccc1C. The van der Waals surface area contributed by atoms with Crippen molar-refractivity contribution in [1.82, 2.24) is 4.98 Å². The van der Waals surface area contributed by atoms with E-state index in [2.05, 4.69) is 25.8 Å². The summed E-state index contributed by atoms with van der Waals surface area (Å²) in [6, 6.07) is 2.14. The zero-order valence-corrected chi connectivity index (χ0v) is 8.62. The molecule has 0 radical (unpaired) electrons. The first-order valence-corrected chi connectivity index (χ1v) is 4.83. The van der Waals surface area contributed by atoms with Gasteiger partial charge in [0, 0.05) is 18.4 Å². The number of aromatic nitrogens is 1. The van der Waals surface area contributed by atoms with Gasteiger partial charge in [-0.3, -0.25) is 4.98 Å². The summed E-state index contributed by atoms with van der Waals surface area (Å²) in [5.74, 6) is 0.517. The lowest BCUT2D eigenvalue weighted by Crippen LogP contribution is -2.19. The van der Waals surface area contributed by atoms with E-state index in [-0.39, 0.29) is 6.04 Å². The zero-order valence-electron chi connectivity index (χ0n) is 8.62. The number of nitrogens with zero attached hydrogens (tertiary/aromatic N) is 1. The number of nitrogens with two attached hydrogens (primary N) is 1. The highest BCUT2D eigenvalue weighted by Crippen LogP contribution is 2.23. The molecule has 2 N–H and O–H groups in total. The molecule has 0 aromatic carbocycles. The lowest BCUT2D eigenvalue weighted by molar-refractivity contribution is 0.454. The number of aryl methyl sites for hydroxylation is 1. The Morgan fingerprint density at radius 3 is 2.77 bits per heavy atom. The van der Waals surface area contributed by atoms with Gasteiger partial charge in [0.1, 0.15) is 0 Å². The summed E-state index contributed by atoms with van der Waals surface area (Å²) in [6.07, 6.45) is 4.80. The molecule has 0 amide bonds. The van der Waals surface area contributed by atoms with Crippen LogP contribution in [0.2, 0.25) is 0 Å². The van der Waals surface area contributed by atoms with Gasteiger partial charge in [0.05, 0.1) is 0 Å². The summed E-state index contributed by atoms with van der Waals surface area (Å²) in [4.78, 5) is 4.10. The molecule has 72 valence electrons. The summed E-state index contributed by atoms with van der Waals surface area (Å²) < 4.78 is 0. The van der Waals surface area contributed by atoms with Crippen LogP contribution in [0.15, 0.2) is 18.5 Å². The minimum atomic E-state index is 0.124. The van der Waals surface area contributed by atoms with E-state index >= 15 is 0 Å². The second kappa shape index (κ2) is 4.38. The minimum absolute atomic E-state index is 0.124. The maximum absolute atomic E-state index is 6.11. The number of hydrogen-bond acceptors (Lipinski definition) is 2. The fourth-order valence-electron chi connectivity index (χ4n) is 1.39. The lowest BCUT2D eigenvalue weighted by Gasteiger charge is -2.19. The highest BCUT2D eigenvalue weighted by Gasteiger charge is 2.14. The summed E-state index contributed by atoms with van der Waals surface area (Å²) in [6.45, 7) is 6.42. The van der Waals surface area contributed by atoms with E-state index in [0.29, 0.717) is 5.92 Å². The van der Waals surface area contributed by atoms with E-state index in [9.17, 15) is 0 Å². The molecule has 2 heteroatoms. The molecule has 0 aliphatic heterocycles. The Morgan fingerprint density at radius 1 is 1.54 bits per heavy atom. The Balaban J connectivity index is 2.88. The Hall–Kier alpha value is -0.890. The largest absolute Gasteiger partial charge is 0.324 e. The molecule has 1 rings (SSSR count). The molecule has 0 aliphatic carbocycles. The quantitative estimate of drug-likeness (QED) is 0.772. The Kier molecular flexibility index (Phi) is 3.43. The van der Waals surface area contributed by atoms with E-state index < -0.39 is 0 Å². The van der Waals surface area contributed by atoms with Gasteiger partial charge < -0.3 is 5.73 Å². The Morgan fingerprint density at radius 2 is 2.23 bits per heavy atom. The maximum atomic E-state index is 6.11. The van der Waals surface area contributed by atoms with Gasteiger partial charge in [0.15, 0.2) is 0 Å². The van der Waals surface area contributed by atoms with Gasteiger partial charge in [-0.25, -0.2) is 0 Å². The number of rotatable bonds is 3. The summed E-state index contributed by atoms with van der Waals surface area (Å²) >= 11 is 0. The molecule has 0 saturated carbocycles. The first-order valence-electron chi connectivity index (χ1n) is 4.83. The molecule has 0 fully saturated rings. The second-order valence-corrected chi connectivity index (χ2v) is 3.64. The van der Waals surface area contributed by atoms with Crippen molar-refractivity contribution in [3.63, 3.8) is 0 Å². The second-order valence-electron chi connectivity index (χ2n) is 3.64. The highest BCUT2D eigenvalue weighted by molar-refractivity contribution is 5.25. The van der Waals surface area contributed by atoms with Crippen LogP contribution in [0.25, 0.3) is 0 Å². The van der Waals surface area contributed by atoms with E-state index in [1.54, 1.807) is 0 Å². The van der Waals surface area contributed by atoms with E-state index in [1.807, 2.05) is 18.5 Å². The highest BCUT2D eigenvalue weighted by atomic mass is 14.7. The molecule has 2 unspecified atom stereocenters. The number of hydrogen-bond donors (Lipinski definition) is 1. The number of pyridine rings is 1. The van der Waals surface area contributed by atoms with Gasteiger partial charge in [-0.1, -0.05) is 20.3 Å². The van der Waals surface area contributed by atoms with Crippen LogP contribution in [-0.4, -0.2) is 4.98 Å².